The Bertz CT molecular complexity index is 532. The summed E-state index contributed by atoms with van der Waals surface area (Å²) in [5, 5.41) is 14.1. The second-order valence-corrected chi connectivity index (χ2v) is 5.33. The van der Waals surface area contributed by atoms with Crippen molar-refractivity contribution in [3.8, 4) is 0 Å². The molecule has 2 rings (SSSR count). The van der Waals surface area contributed by atoms with Crippen molar-refractivity contribution in [2.45, 2.75) is 12.8 Å². The minimum Gasteiger partial charge on any atom is -0.351 e. The van der Waals surface area contributed by atoms with E-state index in [0.717, 1.165) is 36.4 Å². The van der Waals surface area contributed by atoms with Crippen LogP contribution in [-0.4, -0.2) is 22.7 Å². The van der Waals surface area contributed by atoms with Gasteiger partial charge >= 0.3 is 0 Å². The van der Waals surface area contributed by atoms with Crippen LogP contribution in [0.1, 0.15) is 23.2 Å². The summed E-state index contributed by atoms with van der Waals surface area (Å²) in [6, 6.07) is 2.86. The Hall–Kier alpha value is -1.50. The molecule has 0 aromatic heterocycles. The molecule has 5 nitrogen and oxygen atoms in total. The minimum atomic E-state index is -0.791. The maximum absolute atomic E-state index is 13.2. The number of non-ortho nitro benzene ring substituents is 1. The average molecular weight is 331 g/mol. The Morgan fingerprint density at radius 3 is 2.68 bits per heavy atom. The van der Waals surface area contributed by atoms with E-state index in [1.54, 1.807) is 0 Å². The molecule has 1 aliphatic carbocycles. The van der Waals surface area contributed by atoms with E-state index >= 15 is 0 Å². The van der Waals surface area contributed by atoms with E-state index in [1.165, 1.54) is 0 Å². The van der Waals surface area contributed by atoms with Gasteiger partial charge in [0.05, 0.1) is 11.0 Å². The molecule has 19 heavy (non-hydrogen) atoms. The van der Waals surface area contributed by atoms with Crippen molar-refractivity contribution in [2.75, 3.05) is 11.9 Å². The highest BCUT2D eigenvalue weighted by atomic mass is 79.9. The van der Waals surface area contributed by atoms with E-state index in [4.69, 9.17) is 0 Å². The first kappa shape index (κ1) is 13.9. The molecule has 1 aromatic rings. The SMILES string of the molecule is O=C(NCC1(CBr)CC1)c1cc(F)cc([N+](=O)[O-])c1. The number of nitro groups is 1. The maximum atomic E-state index is 13.2. The zero-order chi connectivity index (χ0) is 14.0. The summed E-state index contributed by atoms with van der Waals surface area (Å²) in [7, 11) is 0. The molecule has 1 amide bonds. The Kier molecular flexibility index (Phi) is 3.84. The number of nitrogens with one attached hydrogen (secondary N) is 1. The Morgan fingerprint density at radius 2 is 2.16 bits per heavy atom. The number of hydrogen-bond acceptors (Lipinski definition) is 3. The fraction of sp³-hybridized carbons (Fsp3) is 0.417. The van der Waals surface area contributed by atoms with Gasteiger partial charge in [-0.05, 0) is 24.3 Å². The molecule has 1 saturated carbocycles. The third kappa shape index (κ3) is 3.28. The van der Waals surface area contributed by atoms with E-state index < -0.39 is 22.3 Å². The van der Waals surface area contributed by atoms with Gasteiger partial charge in [0, 0.05) is 23.5 Å². The molecule has 0 aliphatic heterocycles. The first-order valence-corrected chi connectivity index (χ1v) is 6.87. The van der Waals surface area contributed by atoms with Crippen molar-refractivity contribution < 1.29 is 14.1 Å². The second-order valence-electron chi connectivity index (χ2n) is 4.77. The van der Waals surface area contributed by atoms with Gasteiger partial charge in [-0.15, -0.1) is 0 Å². The van der Waals surface area contributed by atoms with Crippen LogP contribution in [0.25, 0.3) is 0 Å². The van der Waals surface area contributed by atoms with Crippen LogP contribution >= 0.6 is 15.9 Å². The number of halogens is 2. The van der Waals surface area contributed by atoms with Crippen molar-refractivity contribution in [2.24, 2.45) is 5.41 Å². The molecule has 1 fully saturated rings. The minimum absolute atomic E-state index is 0.0305. The lowest BCUT2D eigenvalue weighted by Gasteiger charge is -2.12. The third-order valence-electron chi connectivity index (χ3n) is 3.22. The standard InChI is InChI=1S/C12H12BrFN2O3/c13-6-12(1-2-12)7-15-11(17)8-3-9(14)5-10(4-8)16(18)19/h3-5H,1-2,6-7H2,(H,15,17). The van der Waals surface area contributed by atoms with Crippen LogP contribution in [0.15, 0.2) is 18.2 Å². The van der Waals surface area contributed by atoms with E-state index in [-0.39, 0.29) is 11.0 Å². The van der Waals surface area contributed by atoms with Gasteiger partial charge in [-0.25, -0.2) is 4.39 Å². The first-order valence-electron chi connectivity index (χ1n) is 5.75. The summed E-state index contributed by atoms with van der Waals surface area (Å²) in [5.74, 6) is -1.28. The van der Waals surface area contributed by atoms with Crippen LogP contribution in [0.2, 0.25) is 0 Å². The lowest BCUT2D eigenvalue weighted by Crippen LogP contribution is -2.31. The highest BCUT2D eigenvalue weighted by Crippen LogP contribution is 2.46. The van der Waals surface area contributed by atoms with E-state index in [1.807, 2.05) is 0 Å². The molecule has 0 radical (unpaired) electrons. The Labute approximate surface area is 117 Å². The number of rotatable bonds is 5. The van der Waals surface area contributed by atoms with Crippen molar-refractivity contribution in [3.05, 3.63) is 39.7 Å². The highest BCUT2D eigenvalue weighted by Gasteiger charge is 2.41. The predicted molar refractivity (Wildman–Crippen MR) is 70.8 cm³/mol. The van der Waals surface area contributed by atoms with Gasteiger partial charge in [-0.3, -0.25) is 14.9 Å². The topological polar surface area (TPSA) is 72.2 Å². The monoisotopic (exact) mass is 330 g/mol. The summed E-state index contributed by atoms with van der Waals surface area (Å²) in [6.07, 6.45) is 2.06. The van der Waals surface area contributed by atoms with Crippen LogP contribution in [0.3, 0.4) is 0 Å². The van der Waals surface area contributed by atoms with Crippen LogP contribution in [-0.2, 0) is 0 Å². The Morgan fingerprint density at radius 1 is 1.47 bits per heavy atom. The van der Waals surface area contributed by atoms with E-state index in [2.05, 4.69) is 21.2 Å². The molecule has 1 N–H and O–H groups in total. The zero-order valence-corrected chi connectivity index (χ0v) is 11.6. The largest absolute Gasteiger partial charge is 0.351 e. The molecule has 7 heteroatoms. The molecule has 1 aromatic carbocycles. The van der Waals surface area contributed by atoms with Gasteiger partial charge in [0.15, 0.2) is 0 Å². The molecular formula is C12H12BrFN2O3. The first-order chi connectivity index (χ1) is 8.96. The fourth-order valence-electron chi connectivity index (χ4n) is 1.71. The van der Waals surface area contributed by atoms with Crippen LogP contribution in [0.4, 0.5) is 10.1 Å². The number of carbonyl (C=O) groups is 1. The lowest BCUT2D eigenvalue weighted by atomic mass is 10.1. The molecule has 102 valence electrons. The summed E-state index contributed by atoms with van der Waals surface area (Å²) < 4.78 is 13.2. The third-order valence-corrected chi connectivity index (χ3v) is 4.41. The fourth-order valence-corrected chi connectivity index (χ4v) is 2.47. The molecule has 0 atom stereocenters. The summed E-state index contributed by atoms with van der Waals surface area (Å²) in [4.78, 5) is 21.7. The van der Waals surface area contributed by atoms with Crippen molar-refractivity contribution in [1.82, 2.24) is 5.32 Å². The zero-order valence-electron chi connectivity index (χ0n) is 9.99. The van der Waals surface area contributed by atoms with Crippen LogP contribution < -0.4 is 5.32 Å². The molecule has 1 aliphatic rings. The molecule has 0 unspecified atom stereocenters. The summed E-state index contributed by atoms with van der Waals surface area (Å²) in [5.41, 5.74) is -0.363. The van der Waals surface area contributed by atoms with Gasteiger partial charge in [0.25, 0.3) is 11.6 Å². The van der Waals surface area contributed by atoms with Crippen molar-refractivity contribution in [1.29, 1.82) is 0 Å². The molecule has 0 saturated heterocycles. The summed E-state index contributed by atoms with van der Waals surface area (Å²) >= 11 is 3.38. The molecule has 0 bridgehead atoms. The predicted octanol–water partition coefficient (Wildman–Crippen LogP) is 2.64. The van der Waals surface area contributed by atoms with Crippen molar-refractivity contribution in [3.63, 3.8) is 0 Å². The number of hydrogen-bond donors (Lipinski definition) is 1. The van der Waals surface area contributed by atoms with Gasteiger partial charge < -0.3 is 5.32 Å². The number of amides is 1. The van der Waals surface area contributed by atoms with E-state index in [9.17, 15) is 19.3 Å². The average Bonchev–Trinajstić information content (AvgIpc) is 3.16. The van der Waals surface area contributed by atoms with Gasteiger partial charge in [0.1, 0.15) is 5.82 Å². The normalized spacial score (nSPS) is 15.9. The quantitative estimate of drug-likeness (QED) is 0.512. The molecule has 0 heterocycles. The maximum Gasteiger partial charge on any atom is 0.273 e. The van der Waals surface area contributed by atoms with Gasteiger partial charge in [0.2, 0.25) is 0 Å². The molecular weight excluding hydrogens is 319 g/mol. The van der Waals surface area contributed by atoms with Gasteiger partial charge in [-0.2, -0.15) is 0 Å². The van der Waals surface area contributed by atoms with Crippen LogP contribution in [0, 0.1) is 21.3 Å². The summed E-state index contributed by atoms with van der Waals surface area (Å²) in [6.45, 7) is 0.487. The Balaban J connectivity index is 2.08. The second kappa shape index (κ2) is 5.24. The number of carbonyl (C=O) groups excluding carboxylic acids is 1. The van der Waals surface area contributed by atoms with Gasteiger partial charge in [-0.1, -0.05) is 15.9 Å². The number of nitrogens with zero attached hydrogens (tertiary/aromatic N) is 1. The lowest BCUT2D eigenvalue weighted by molar-refractivity contribution is -0.385. The number of benzene rings is 1. The highest BCUT2D eigenvalue weighted by molar-refractivity contribution is 9.09. The van der Waals surface area contributed by atoms with E-state index in [0.29, 0.717) is 6.54 Å². The number of alkyl halides is 1. The smallest absolute Gasteiger partial charge is 0.273 e. The van der Waals surface area contributed by atoms with Crippen LogP contribution in [0.5, 0.6) is 0 Å². The van der Waals surface area contributed by atoms with Crippen molar-refractivity contribution >= 4 is 27.5 Å². The molecule has 0 spiro atoms. The number of nitro benzene ring substituents is 1.